The van der Waals surface area contributed by atoms with E-state index < -0.39 is 29.7 Å². The van der Waals surface area contributed by atoms with Crippen molar-refractivity contribution < 1.29 is 28.6 Å². The van der Waals surface area contributed by atoms with Gasteiger partial charge in [-0.3, -0.25) is 9.59 Å². The molecule has 1 aromatic carbocycles. The number of amides is 1. The van der Waals surface area contributed by atoms with Crippen molar-refractivity contribution >= 4 is 17.8 Å². The number of benzene rings is 1. The molecule has 9 heteroatoms. The fourth-order valence-electron chi connectivity index (χ4n) is 3.85. The van der Waals surface area contributed by atoms with Gasteiger partial charge >= 0.3 is 11.9 Å². The molecule has 0 unspecified atom stereocenters. The summed E-state index contributed by atoms with van der Waals surface area (Å²) in [5.74, 6) is -2.31. The van der Waals surface area contributed by atoms with Crippen LogP contribution >= 0.6 is 0 Å². The molecule has 0 radical (unpaired) electrons. The Balaban J connectivity index is 2.48. The Kier molecular flexibility index (Phi) is 5.34. The molecule has 30 heavy (non-hydrogen) atoms. The largest absolute Gasteiger partial charge is 0.469 e. The number of rotatable bonds is 5. The molecule has 0 saturated carbocycles. The molecular formula is C21H19N3O6. The van der Waals surface area contributed by atoms with Crippen LogP contribution in [0.1, 0.15) is 12.0 Å². The van der Waals surface area contributed by atoms with Crippen molar-refractivity contribution in [3.63, 3.8) is 0 Å². The normalized spacial score (nSPS) is 19.9. The van der Waals surface area contributed by atoms with Gasteiger partial charge in [0.1, 0.15) is 17.4 Å². The van der Waals surface area contributed by atoms with E-state index in [-0.39, 0.29) is 40.6 Å². The molecule has 2 aliphatic rings. The first-order valence-electron chi connectivity index (χ1n) is 8.87. The minimum absolute atomic E-state index is 0.0188. The number of methoxy groups -OCH3 is 2. The molecule has 2 heterocycles. The predicted molar refractivity (Wildman–Crippen MR) is 103 cm³/mol. The molecule has 1 spiro atoms. The lowest BCUT2D eigenvalue weighted by atomic mass is 9.68. The van der Waals surface area contributed by atoms with Crippen LogP contribution in [0.3, 0.4) is 0 Å². The van der Waals surface area contributed by atoms with Gasteiger partial charge in [-0.1, -0.05) is 24.3 Å². The van der Waals surface area contributed by atoms with Crippen molar-refractivity contribution in [1.29, 1.82) is 5.26 Å². The number of esters is 2. The highest BCUT2D eigenvalue weighted by Gasteiger charge is 2.62. The van der Waals surface area contributed by atoms with Gasteiger partial charge in [0.15, 0.2) is 5.41 Å². The zero-order valence-corrected chi connectivity index (χ0v) is 16.4. The second-order valence-corrected chi connectivity index (χ2v) is 6.47. The van der Waals surface area contributed by atoms with Crippen molar-refractivity contribution in [2.75, 3.05) is 20.8 Å². The molecule has 2 N–H and O–H groups in total. The van der Waals surface area contributed by atoms with Crippen molar-refractivity contribution in [2.24, 2.45) is 5.73 Å². The van der Waals surface area contributed by atoms with Crippen molar-refractivity contribution in [3.05, 3.63) is 65.2 Å². The number of ether oxygens (including phenoxy) is 3. The summed E-state index contributed by atoms with van der Waals surface area (Å²) in [6.07, 6.45) is 1.04. The number of carbonyl (C=O) groups excluding carboxylic acids is 3. The molecule has 1 atom stereocenters. The fourth-order valence-corrected chi connectivity index (χ4v) is 3.85. The summed E-state index contributed by atoms with van der Waals surface area (Å²) in [6, 6.07) is 8.34. The van der Waals surface area contributed by atoms with Crippen LogP contribution in [-0.4, -0.2) is 43.5 Å². The lowest BCUT2D eigenvalue weighted by Gasteiger charge is -2.35. The quantitative estimate of drug-likeness (QED) is 0.563. The van der Waals surface area contributed by atoms with E-state index in [4.69, 9.17) is 19.9 Å². The number of nitrogens with two attached hydrogens (primary N) is 1. The summed E-state index contributed by atoms with van der Waals surface area (Å²) in [5.41, 5.74) is 3.92. The van der Waals surface area contributed by atoms with Crippen molar-refractivity contribution in [1.82, 2.24) is 4.90 Å². The second-order valence-electron chi connectivity index (χ2n) is 6.47. The number of hydrogen-bond acceptors (Lipinski definition) is 8. The Morgan fingerprint density at radius 3 is 2.63 bits per heavy atom. The minimum Gasteiger partial charge on any atom is -0.469 e. The minimum atomic E-state index is -1.92. The number of fused-ring (bicyclic) bond motifs is 2. The Labute approximate surface area is 172 Å². The molecule has 0 fully saturated rings. The maximum atomic E-state index is 13.8. The van der Waals surface area contributed by atoms with Gasteiger partial charge in [0.05, 0.1) is 26.2 Å². The lowest BCUT2D eigenvalue weighted by molar-refractivity contribution is -0.140. The van der Waals surface area contributed by atoms with Crippen LogP contribution in [0.25, 0.3) is 0 Å². The van der Waals surface area contributed by atoms with Gasteiger partial charge < -0.3 is 24.8 Å². The highest BCUT2D eigenvalue weighted by Crippen LogP contribution is 2.54. The van der Waals surface area contributed by atoms with E-state index in [9.17, 15) is 19.6 Å². The number of nitriles is 1. The van der Waals surface area contributed by atoms with Crippen LogP contribution in [0, 0.1) is 11.3 Å². The van der Waals surface area contributed by atoms with Gasteiger partial charge in [-0.25, -0.2) is 4.79 Å². The molecule has 1 aromatic rings. The third-order valence-electron chi connectivity index (χ3n) is 5.04. The maximum Gasteiger partial charge on any atom is 0.337 e. The van der Waals surface area contributed by atoms with Crippen LogP contribution in [0.2, 0.25) is 0 Å². The molecule has 0 bridgehead atoms. The molecular weight excluding hydrogens is 390 g/mol. The van der Waals surface area contributed by atoms with Crippen LogP contribution in [-0.2, 0) is 29.3 Å². The van der Waals surface area contributed by atoms with Crippen LogP contribution in [0.5, 0.6) is 5.75 Å². The maximum absolute atomic E-state index is 13.8. The van der Waals surface area contributed by atoms with Gasteiger partial charge in [-0.2, -0.15) is 5.26 Å². The summed E-state index contributed by atoms with van der Waals surface area (Å²) in [4.78, 5) is 40.2. The van der Waals surface area contributed by atoms with Gasteiger partial charge in [0.2, 0.25) is 11.8 Å². The Bertz CT molecular complexity index is 1060. The van der Waals surface area contributed by atoms with Crippen molar-refractivity contribution in [2.45, 2.75) is 11.8 Å². The number of nitrogens with zero attached hydrogens (tertiary/aromatic N) is 2. The van der Waals surface area contributed by atoms with E-state index in [0.29, 0.717) is 0 Å². The summed E-state index contributed by atoms with van der Waals surface area (Å²) in [7, 11) is 2.33. The smallest absolute Gasteiger partial charge is 0.337 e. The van der Waals surface area contributed by atoms with Gasteiger partial charge in [0, 0.05) is 17.8 Å². The first kappa shape index (κ1) is 20.7. The van der Waals surface area contributed by atoms with Gasteiger partial charge in [-0.05, 0) is 6.07 Å². The van der Waals surface area contributed by atoms with E-state index >= 15 is 0 Å². The van der Waals surface area contributed by atoms with E-state index in [2.05, 4.69) is 6.58 Å². The molecule has 2 aliphatic heterocycles. The summed E-state index contributed by atoms with van der Waals surface area (Å²) >= 11 is 0. The second kappa shape index (κ2) is 7.75. The van der Waals surface area contributed by atoms with E-state index in [1.54, 1.807) is 24.3 Å². The van der Waals surface area contributed by atoms with Crippen molar-refractivity contribution in [3.8, 4) is 11.8 Å². The molecule has 1 amide bonds. The topological polar surface area (TPSA) is 132 Å². The summed E-state index contributed by atoms with van der Waals surface area (Å²) < 4.78 is 15.2. The highest BCUT2D eigenvalue weighted by molar-refractivity contribution is 6.13. The lowest BCUT2D eigenvalue weighted by Crippen LogP contribution is -2.47. The monoisotopic (exact) mass is 409 g/mol. The fraction of sp³-hybridized carbons (Fsp3) is 0.238. The average Bonchev–Trinajstić information content (AvgIpc) is 2.97. The summed E-state index contributed by atoms with van der Waals surface area (Å²) in [5, 5.41) is 9.91. The van der Waals surface area contributed by atoms with Gasteiger partial charge in [0.25, 0.3) is 0 Å². The Morgan fingerprint density at radius 1 is 1.33 bits per heavy atom. The zero-order chi connectivity index (χ0) is 22.1. The third-order valence-corrected chi connectivity index (χ3v) is 5.04. The van der Waals surface area contributed by atoms with E-state index in [1.807, 2.05) is 6.07 Å². The van der Waals surface area contributed by atoms with Crippen LogP contribution < -0.4 is 10.5 Å². The molecule has 0 aliphatic carbocycles. The molecule has 0 aromatic heterocycles. The molecule has 3 rings (SSSR count). The van der Waals surface area contributed by atoms with E-state index in [1.165, 1.54) is 18.1 Å². The van der Waals surface area contributed by atoms with Gasteiger partial charge in [-0.15, -0.1) is 6.58 Å². The number of para-hydroxylation sites is 1. The third kappa shape index (κ3) is 2.73. The summed E-state index contributed by atoms with van der Waals surface area (Å²) in [6.45, 7) is 3.62. The first-order chi connectivity index (χ1) is 14.4. The SMILES string of the molecule is C=CCN1C(=O)[C@@]2(C(C#N)=C(N)Oc3ccccc32)C(C(=O)OC)=C1CC(=O)OC. The van der Waals surface area contributed by atoms with E-state index in [0.717, 1.165) is 7.11 Å². The Hall–Kier alpha value is -4.06. The predicted octanol–water partition coefficient (Wildman–Crippen LogP) is 1.03. The highest BCUT2D eigenvalue weighted by atomic mass is 16.5. The Morgan fingerprint density at radius 2 is 2.03 bits per heavy atom. The zero-order valence-electron chi connectivity index (χ0n) is 16.4. The standard InChI is InChI=1S/C21H19N3O6/c1-4-9-24-14(10-16(25)28-2)17(19(26)29-3)21(20(24)27)12-7-5-6-8-15(12)30-18(23)13(21)11-22/h4-8H,1,9-10,23H2,2-3H3/t21-/m0/s1. The molecule has 154 valence electrons. The first-order valence-corrected chi connectivity index (χ1v) is 8.87. The molecule has 9 nitrogen and oxygen atoms in total. The molecule has 0 saturated heterocycles. The van der Waals surface area contributed by atoms with Crippen LogP contribution in [0.4, 0.5) is 0 Å². The average molecular weight is 409 g/mol. The van der Waals surface area contributed by atoms with Crippen LogP contribution in [0.15, 0.2) is 59.6 Å². The number of hydrogen-bond donors (Lipinski definition) is 1. The number of carbonyl (C=O) groups is 3.